The van der Waals surface area contributed by atoms with E-state index in [1.54, 1.807) is 4.90 Å². The second-order valence-corrected chi connectivity index (χ2v) is 8.54. The highest BCUT2D eigenvalue weighted by Gasteiger charge is 2.36. The number of halogens is 1. The van der Waals surface area contributed by atoms with E-state index in [-0.39, 0.29) is 37.0 Å². The Bertz CT molecular complexity index is 946. The Kier molecular flexibility index (Phi) is 4.61. The predicted molar refractivity (Wildman–Crippen MR) is 96.3 cm³/mol. The number of fused-ring (bicyclic) bond motifs is 1. The fourth-order valence-corrected chi connectivity index (χ4v) is 4.90. The summed E-state index contributed by atoms with van der Waals surface area (Å²) in [6.07, 6.45) is -0.0367. The number of para-hydroxylation sites is 1. The molecule has 0 spiro atoms. The molecule has 6 nitrogen and oxygen atoms in total. The van der Waals surface area contributed by atoms with Gasteiger partial charge in [0.05, 0.1) is 4.90 Å². The van der Waals surface area contributed by atoms with Gasteiger partial charge >= 0.3 is 0 Å². The average molecular weight is 390 g/mol. The first-order chi connectivity index (χ1) is 12.9. The van der Waals surface area contributed by atoms with Crippen LogP contribution < -0.4 is 4.74 Å². The highest BCUT2D eigenvalue weighted by atomic mass is 32.2. The van der Waals surface area contributed by atoms with Crippen LogP contribution in [0.3, 0.4) is 0 Å². The molecule has 1 amide bonds. The summed E-state index contributed by atoms with van der Waals surface area (Å²) in [6, 6.07) is 12.5. The summed E-state index contributed by atoms with van der Waals surface area (Å²) in [5.41, 5.74) is 1.00. The lowest BCUT2D eigenvalue weighted by Gasteiger charge is -2.35. The van der Waals surface area contributed by atoms with Crippen LogP contribution in [-0.4, -0.2) is 55.8 Å². The van der Waals surface area contributed by atoms with Crippen LogP contribution in [0.5, 0.6) is 5.75 Å². The molecule has 0 aromatic heterocycles. The summed E-state index contributed by atoms with van der Waals surface area (Å²) in [7, 11) is -3.77. The first-order valence-corrected chi connectivity index (χ1v) is 10.2. The van der Waals surface area contributed by atoms with Gasteiger partial charge in [-0.2, -0.15) is 4.31 Å². The van der Waals surface area contributed by atoms with Crippen LogP contribution >= 0.6 is 0 Å². The summed E-state index contributed by atoms with van der Waals surface area (Å²) < 4.78 is 45.7. The summed E-state index contributed by atoms with van der Waals surface area (Å²) >= 11 is 0. The Hall–Kier alpha value is -2.45. The topological polar surface area (TPSA) is 66.9 Å². The van der Waals surface area contributed by atoms with Crippen LogP contribution in [0.15, 0.2) is 53.4 Å². The maximum atomic E-state index is 13.4. The molecule has 1 unspecified atom stereocenters. The molecule has 0 N–H and O–H groups in total. The summed E-state index contributed by atoms with van der Waals surface area (Å²) in [5, 5.41) is 0. The molecule has 1 saturated heterocycles. The zero-order valence-electron chi connectivity index (χ0n) is 14.5. The molecule has 2 aromatic rings. The molecule has 1 fully saturated rings. The second kappa shape index (κ2) is 6.94. The Labute approximate surface area is 157 Å². The van der Waals surface area contributed by atoms with E-state index >= 15 is 0 Å². The van der Waals surface area contributed by atoms with Crippen molar-refractivity contribution in [2.24, 2.45) is 0 Å². The minimum Gasteiger partial charge on any atom is -0.480 e. The quantitative estimate of drug-likeness (QED) is 0.800. The van der Waals surface area contributed by atoms with E-state index in [0.717, 1.165) is 17.4 Å². The molecule has 1 atom stereocenters. The van der Waals surface area contributed by atoms with Crippen LogP contribution in [-0.2, 0) is 21.2 Å². The molecular weight excluding hydrogens is 371 g/mol. The summed E-state index contributed by atoms with van der Waals surface area (Å²) in [5.74, 6) is 0.00000794. The SMILES string of the molecule is O=C(C1Cc2ccccc2O1)N1CCN(S(=O)(=O)c2cccc(F)c2)CC1. The lowest BCUT2D eigenvalue weighted by Crippen LogP contribution is -2.53. The number of rotatable bonds is 3. The zero-order chi connectivity index (χ0) is 19.0. The molecule has 2 heterocycles. The molecule has 0 saturated carbocycles. The predicted octanol–water partition coefficient (Wildman–Crippen LogP) is 1.66. The third-order valence-corrected chi connectivity index (χ3v) is 6.80. The second-order valence-electron chi connectivity index (χ2n) is 6.61. The fraction of sp³-hybridized carbons (Fsp3) is 0.316. The number of benzene rings is 2. The lowest BCUT2D eigenvalue weighted by atomic mass is 10.1. The molecule has 2 aromatic carbocycles. The monoisotopic (exact) mass is 390 g/mol. The molecule has 2 aliphatic rings. The van der Waals surface area contributed by atoms with Gasteiger partial charge in [0.1, 0.15) is 11.6 Å². The molecule has 142 valence electrons. The molecule has 0 radical (unpaired) electrons. The average Bonchev–Trinajstić information content (AvgIpc) is 3.12. The van der Waals surface area contributed by atoms with Crippen molar-refractivity contribution in [1.82, 2.24) is 9.21 Å². The van der Waals surface area contributed by atoms with Crippen molar-refractivity contribution < 1.29 is 22.3 Å². The van der Waals surface area contributed by atoms with E-state index in [0.29, 0.717) is 6.42 Å². The maximum Gasteiger partial charge on any atom is 0.264 e. The highest BCUT2D eigenvalue weighted by molar-refractivity contribution is 7.89. The van der Waals surface area contributed by atoms with E-state index in [1.807, 2.05) is 24.3 Å². The number of hydrogen-bond acceptors (Lipinski definition) is 4. The normalized spacial score (nSPS) is 20.2. The Morgan fingerprint density at radius 2 is 1.78 bits per heavy atom. The number of amides is 1. The third-order valence-electron chi connectivity index (χ3n) is 4.91. The van der Waals surface area contributed by atoms with Gasteiger partial charge in [0.15, 0.2) is 6.10 Å². The lowest BCUT2D eigenvalue weighted by molar-refractivity contribution is -0.139. The van der Waals surface area contributed by atoms with Gasteiger partial charge in [-0.25, -0.2) is 12.8 Å². The van der Waals surface area contributed by atoms with Crippen molar-refractivity contribution in [3.8, 4) is 5.75 Å². The molecular formula is C19H19FN2O4S. The van der Waals surface area contributed by atoms with Crippen molar-refractivity contribution in [1.29, 1.82) is 0 Å². The third kappa shape index (κ3) is 3.42. The molecule has 8 heteroatoms. The van der Waals surface area contributed by atoms with Crippen LogP contribution in [0, 0.1) is 5.82 Å². The number of carbonyl (C=O) groups is 1. The van der Waals surface area contributed by atoms with E-state index < -0.39 is 21.9 Å². The largest absolute Gasteiger partial charge is 0.480 e. The number of sulfonamides is 1. The number of hydrogen-bond donors (Lipinski definition) is 0. The minimum atomic E-state index is -3.77. The Balaban J connectivity index is 1.40. The summed E-state index contributed by atoms with van der Waals surface area (Å²) in [4.78, 5) is 14.3. The van der Waals surface area contributed by atoms with Crippen molar-refractivity contribution >= 4 is 15.9 Å². The van der Waals surface area contributed by atoms with Crippen molar-refractivity contribution in [3.63, 3.8) is 0 Å². The van der Waals surface area contributed by atoms with Crippen molar-refractivity contribution in [2.75, 3.05) is 26.2 Å². The molecule has 2 aliphatic heterocycles. The smallest absolute Gasteiger partial charge is 0.264 e. The van der Waals surface area contributed by atoms with Crippen LogP contribution in [0.2, 0.25) is 0 Å². The van der Waals surface area contributed by atoms with Gasteiger partial charge < -0.3 is 9.64 Å². The van der Waals surface area contributed by atoms with Gasteiger partial charge in [0.2, 0.25) is 10.0 Å². The van der Waals surface area contributed by atoms with E-state index in [9.17, 15) is 17.6 Å². The van der Waals surface area contributed by atoms with Crippen molar-refractivity contribution in [3.05, 3.63) is 59.9 Å². The van der Waals surface area contributed by atoms with Crippen LogP contribution in [0.1, 0.15) is 5.56 Å². The highest BCUT2D eigenvalue weighted by Crippen LogP contribution is 2.29. The molecule has 4 rings (SSSR count). The number of carbonyl (C=O) groups excluding carboxylic acids is 1. The molecule has 0 bridgehead atoms. The van der Waals surface area contributed by atoms with Gasteiger partial charge in [-0.05, 0) is 29.8 Å². The number of piperazine rings is 1. The van der Waals surface area contributed by atoms with Crippen molar-refractivity contribution in [2.45, 2.75) is 17.4 Å². The van der Waals surface area contributed by atoms with Crippen LogP contribution in [0.25, 0.3) is 0 Å². The fourth-order valence-electron chi connectivity index (χ4n) is 3.45. The Morgan fingerprint density at radius 3 is 2.48 bits per heavy atom. The van der Waals surface area contributed by atoms with E-state index in [2.05, 4.69) is 0 Å². The van der Waals surface area contributed by atoms with Crippen LogP contribution in [0.4, 0.5) is 4.39 Å². The first-order valence-electron chi connectivity index (χ1n) is 8.74. The maximum absolute atomic E-state index is 13.4. The van der Waals surface area contributed by atoms with Gasteiger partial charge in [-0.15, -0.1) is 0 Å². The first kappa shape index (κ1) is 17.9. The van der Waals surface area contributed by atoms with Gasteiger partial charge in [0.25, 0.3) is 5.91 Å². The molecule has 27 heavy (non-hydrogen) atoms. The molecule has 0 aliphatic carbocycles. The standard InChI is InChI=1S/C19H19FN2O4S/c20-15-5-3-6-16(13-15)27(24,25)22-10-8-21(9-11-22)19(23)18-12-14-4-1-2-7-17(14)26-18/h1-7,13,18H,8-12H2. The number of ether oxygens (including phenoxy) is 1. The minimum absolute atomic E-state index is 0.0724. The van der Waals surface area contributed by atoms with Gasteiger partial charge in [-0.3, -0.25) is 4.79 Å². The van der Waals surface area contributed by atoms with E-state index in [1.165, 1.54) is 22.5 Å². The van der Waals surface area contributed by atoms with Gasteiger partial charge in [-0.1, -0.05) is 24.3 Å². The van der Waals surface area contributed by atoms with E-state index in [4.69, 9.17) is 4.74 Å². The summed E-state index contributed by atoms with van der Waals surface area (Å²) in [6.45, 7) is 0.904. The zero-order valence-corrected chi connectivity index (χ0v) is 15.4. The Morgan fingerprint density at radius 1 is 1.04 bits per heavy atom. The van der Waals surface area contributed by atoms with Gasteiger partial charge in [0, 0.05) is 32.6 Å². The number of nitrogens with zero attached hydrogens (tertiary/aromatic N) is 2.